The third-order valence-corrected chi connectivity index (χ3v) is 1.94. The number of rotatable bonds is 0. The second kappa shape index (κ2) is 2.58. The first-order valence-corrected chi connectivity index (χ1v) is 3.57. The van der Waals surface area contributed by atoms with E-state index in [0.29, 0.717) is 5.92 Å². The minimum absolute atomic E-state index is 0.0230. The van der Waals surface area contributed by atoms with Crippen LogP contribution in [0.15, 0.2) is 0 Å². The summed E-state index contributed by atoms with van der Waals surface area (Å²) in [5.74, 6) is 0.160. The highest BCUT2D eigenvalue weighted by atomic mass is 16.6. The number of cyclic esters (lactones) is 1. The van der Waals surface area contributed by atoms with E-state index in [4.69, 9.17) is 10.5 Å². The first-order valence-electron chi connectivity index (χ1n) is 3.57. The average molecular weight is 143 g/mol. The van der Waals surface area contributed by atoms with E-state index in [1.165, 1.54) is 0 Å². The van der Waals surface area contributed by atoms with Crippen LogP contribution in [0.2, 0.25) is 0 Å². The quantitative estimate of drug-likeness (QED) is 0.502. The van der Waals surface area contributed by atoms with Crippen molar-refractivity contribution in [1.29, 1.82) is 0 Å². The lowest BCUT2D eigenvalue weighted by molar-refractivity contribution is -0.163. The Labute approximate surface area is 60.5 Å². The number of ether oxygens (including phenoxy) is 1. The molecule has 1 heterocycles. The van der Waals surface area contributed by atoms with Crippen molar-refractivity contribution in [3.8, 4) is 0 Å². The Morgan fingerprint density at radius 1 is 1.60 bits per heavy atom. The van der Waals surface area contributed by atoms with E-state index >= 15 is 0 Å². The van der Waals surface area contributed by atoms with Gasteiger partial charge in [-0.3, -0.25) is 10.5 Å². The lowest BCUT2D eigenvalue weighted by Crippen LogP contribution is -2.41. The van der Waals surface area contributed by atoms with Crippen LogP contribution in [0.4, 0.5) is 0 Å². The molecule has 1 saturated heterocycles. The summed E-state index contributed by atoms with van der Waals surface area (Å²) in [7, 11) is 0. The monoisotopic (exact) mass is 143 g/mol. The summed E-state index contributed by atoms with van der Waals surface area (Å²) in [5, 5.41) is 0. The minimum atomic E-state index is -0.385. The van der Waals surface area contributed by atoms with Crippen LogP contribution in [0.25, 0.3) is 0 Å². The molecular formula is C7H13NO2. The molecule has 0 spiro atoms. The van der Waals surface area contributed by atoms with Crippen LogP contribution in [-0.2, 0) is 9.53 Å². The number of esters is 1. The van der Waals surface area contributed by atoms with Gasteiger partial charge in [0.15, 0.2) is 6.23 Å². The molecular weight excluding hydrogens is 130 g/mol. The van der Waals surface area contributed by atoms with Crippen molar-refractivity contribution in [1.82, 2.24) is 0 Å². The highest BCUT2D eigenvalue weighted by Gasteiger charge is 2.29. The third-order valence-electron chi connectivity index (χ3n) is 1.94. The molecule has 58 valence electrons. The second-order valence-corrected chi connectivity index (χ2v) is 3.02. The van der Waals surface area contributed by atoms with Gasteiger partial charge >= 0.3 is 5.97 Å². The molecule has 3 nitrogen and oxygen atoms in total. The van der Waals surface area contributed by atoms with Gasteiger partial charge in [0.25, 0.3) is 0 Å². The minimum Gasteiger partial charge on any atom is -0.446 e. The Hall–Kier alpha value is -0.570. The van der Waals surface area contributed by atoms with Crippen LogP contribution in [0, 0.1) is 11.8 Å². The summed E-state index contributed by atoms with van der Waals surface area (Å²) >= 11 is 0. The summed E-state index contributed by atoms with van der Waals surface area (Å²) in [6, 6.07) is 0. The van der Waals surface area contributed by atoms with Crippen molar-refractivity contribution < 1.29 is 9.53 Å². The molecule has 1 fully saturated rings. The highest BCUT2D eigenvalue weighted by molar-refractivity contribution is 5.72. The first-order chi connectivity index (χ1) is 4.61. The van der Waals surface area contributed by atoms with E-state index < -0.39 is 0 Å². The molecule has 0 aromatic heterocycles. The lowest BCUT2D eigenvalue weighted by Gasteiger charge is -2.28. The smallest absolute Gasteiger partial charge is 0.310 e. The molecule has 0 amide bonds. The number of nitrogens with two attached hydrogens (primary N) is 1. The average Bonchev–Trinajstić information content (AvgIpc) is 1.84. The maximum absolute atomic E-state index is 10.8. The predicted molar refractivity (Wildman–Crippen MR) is 37.0 cm³/mol. The zero-order valence-electron chi connectivity index (χ0n) is 6.33. The van der Waals surface area contributed by atoms with Crippen molar-refractivity contribution in [3.05, 3.63) is 0 Å². The summed E-state index contributed by atoms with van der Waals surface area (Å²) < 4.78 is 4.85. The molecule has 1 aliphatic heterocycles. The van der Waals surface area contributed by atoms with Crippen LogP contribution >= 0.6 is 0 Å². The SMILES string of the molecule is C[C@@H]1C[C@H](C)C(=O)O[C@@H]1N. The van der Waals surface area contributed by atoms with Crippen LogP contribution in [-0.4, -0.2) is 12.2 Å². The van der Waals surface area contributed by atoms with Crippen molar-refractivity contribution in [2.75, 3.05) is 0 Å². The molecule has 3 heteroatoms. The molecule has 1 rings (SSSR count). The molecule has 1 aliphatic rings. The van der Waals surface area contributed by atoms with Gasteiger partial charge < -0.3 is 4.74 Å². The predicted octanol–water partition coefficient (Wildman–Crippen LogP) is 0.490. The zero-order valence-corrected chi connectivity index (χ0v) is 6.33. The fourth-order valence-electron chi connectivity index (χ4n) is 1.15. The Kier molecular flexibility index (Phi) is 1.94. The van der Waals surface area contributed by atoms with Crippen molar-refractivity contribution >= 4 is 5.97 Å². The van der Waals surface area contributed by atoms with Crippen molar-refractivity contribution in [2.45, 2.75) is 26.5 Å². The molecule has 0 radical (unpaired) electrons. The summed E-state index contributed by atoms with van der Waals surface area (Å²) in [6.07, 6.45) is 0.462. The molecule has 10 heavy (non-hydrogen) atoms. The maximum atomic E-state index is 10.8. The normalized spacial score (nSPS) is 41.1. The van der Waals surface area contributed by atoms with Crippen molar-refractivity contribution in [3.63, 3.8) is 0 Å². The molecule has 0 aromatic carbocycles. The Bertz CT molecular complexity index is 147. The molecule has 2 N–H and O–H groups in total. The number of hydrogen-bond acceptors (Lipinski definition) is 3. The molecule has 0 aliphatic carbocycles. The van der Waals surface area contributed by atoms with E-state index in [9.17, 15) is 4.79 Å². The van der Waals surface area contributed by atoms with Gasteiger partial charge in [0.05, 0.1) is 5.92 Å². The Morgan fingerprint density at radius 3 is 2.70 bits per heavy atom. The van der Waals surface area contributed by atoms with E-state index in [1.54, 1.807) is 0 Å². The molecule has 0 aromatic rings. The van der Waals surface area contributed by atoms with Gasteiger partial charge in [-0.25, -0.2) is 0 Å². The van der Waals surface area contributed by atoms with Gasteiger partial charge in [-0.15, -0.1) is 0 Å². The van der Waals surface area contributed by atoms with Crippen LogP contribution in [0.3, 0.4) is 0 Å². The summed E-state index contributed by atoms with van der Waals surface area (Å²) in [4.78, 5) is 10.8. The lowest BCUT2D eigenvalue weighted by atomic mass is 9.93. The Balaban J connectivity index is 2.54. The summed E-state index contributed by atoms with van der Waals surface area (Å²) in [6.45, 7) is 3.86. The van der Waals surface area contributed by atoms with Crippen LogP contribution < -0.4 is 5.73 Å². The fraction of sp³-hybridized carbons (Fsp3) is 0.857. The van der Waals surface area contributed by atoms with Crippen molar-refractivity contribution in [2.24, 2.45) is 17.6 Å². The Morgan fingerprint density at radius 2 is 2.20 bits per heavy atom. The topological polar surface area (TPSA) is 52.3 Å². The molecule has 0 saturated carbocycles. The van der Waals surface area contributed by atoms with Gasteiger partial charge in [0.2, 0.25) is 0 Å². The number of carbonyl (C=O) groups excluding carboxylic acids is 1. The second-order valence-electron chi connectivity index (χ2n) is 3.02. The van der Waals surface area contributed by atoms with E-state index in [0.717, 1.165) is 6.42 Å². The van der Waals surface area contributed by atoms with Gasteiger partial charge in [-0.2, -0.15) is 0 Å². The molecule has 0 bridgehead atoms. The zero-order chi connectivity index (χ0) is 7.72. The summed E-state index contributed by atoms with van der Waals surface area (Å²) in [5.41, 5.74) is 5.49. The van der Waals surface area contributed by atoms with Gasteiger partial charge in [0.1, 0.15) is 0 Å². The van der Waals surface area contributed by atoms with Crippen LogP contribution in [0.5, 0.6) is 0 Å². The van der Waals surface area contributed by atoms with Crippen LogP contribution in [0.1, 0.15) is 20.3 Å². The van der Waals surface area contributed by atoms with Gasteiger partial charge in [-0.05, 0) is 6.42 Å². The first kappa shape index (κ1) is 7.54. The maximum Gasteiger partial charge on any atom is 0.310 e. The largest absolute Gasteiger partial charge is 0.446 e. The molecule has 0 unspecified atom stereocenters. The molecule has 3 atom stereocenters. The van der Waals surface area contributed by atoms with E-state index in [1.807, 2.05) is 13.8 Å². The third kappa shape index (κ3) is 1.29. The fourth-order valence-corrected chi connectivity index (χ4v) is 1.15. The van der Waals surface area contributed by atoms with E-state index in [2.05, 4.69) is 0 Å². The number of carbonyl (C=O) groups is 1. The standard InChI is InChI=1S/C7H13NO2/c1-4-3-5(2)7(9)10-6(4)8/h4-6H,3,8H2,1-2H3/t4-,5+,6+/m1/s1. The van der Waals surface area contributed by atoms with E-state index in [-0.39, 0.29) is 18.1 Å². The van der Waals surface area contributed by atoms with Gasteiger partial charge in [-0.1, -0.05) is 13.8 Å². The number of hydrogen-bond donors (Lipinski definition) is 1. The van der Waals surface area contributed by atoms with Gasteiger partial charge in [0, 0.05) is 5.92 Å². The highest BCUT2D eigenvalue weighted by Crippen LogP contribution is 2.22.